The number of nitrogens with zero attached hydrogens (tertiary/aromatic N) is 2. The topological polar surface area (TPSA) is 84.2 Å². The van der Waals surface area contributed by atoms with Gasteiger partial charge >= 0.3 is 5.97 Å². The molecular weight excluding hydrogens is 434 g/mol. The van der Waals surface area contributed by atoms with Crippen LogP contribution in [-0.4, -0.2) is 38.8 Å². The number of carboxylic acids is 1. The van der Waals surface area contributed by atoms with Gasteiger partial charge in [-0.25, -0.2) is 9.78 Å². The molecule has 0 saturated heterocycles. The van der Waals surface area contributed by atoms with Crippen molar-refractivity contribution in [3.8, 4) is 0 Å². The third-order valence-corrected chi connectivity index (χ3v) is 5.85. The van der Waals surface area contributed by atoms with E-state index in [9.17, 15) is 14.7 Å². The smallest absolute Gasteiger partial charge is 0.335 e. The molecule has 0 aliphatic heterocycles. The van der Waals surface area contributed by atoms with Crippen molar-refractivity contribution >= 4 is 36.1 Å². The number of nitrogens with one attached hydrogen (secondary N) is 1. The molecule has 6 nitrogen and oxygen atoms in total. The molecule has 2 N–H and O–H groups in total. The van der Waals surface area contributed by atoms with E-state index in [2.05, 4.69) is 43.7 Å². The highest BCUT2D eigenvalue weighted by molar-refractivity contribution is 7.80. The largest absolute Gasteiger partial charge is 0.478 e. The molecule has 31 heavy (non-hydrogen) atoms. The minimum absolute atomic E-state index is 0.0304. The van der Waals surface area contributed by atoms with Crippen molar-refractivity contribution in [1.82, 2.24) is 14.9 Å². The molecule has 2 aromatic rings. The van der Waals surface area contributed by atoms with Crippen molar-refractivity contribution in [3.63, 3.8) is 0 Å². The highest BCUT2D eigenvalue weighted by Gasteiger charge is 2.23. The predicted molar refractivity (Wildman–Crippen MR) is 127 cm³/mol. The van der Waals surface area contributed by atoms with Gasteiger partial charge in [-0.15, -0.1) is 0 Å². The molecule has 2 atom stereocenters. The van der Waals surface area contributed by atoms with Crippen LogP contribution in [0.2, 0.25) is 5.15 Å². The van der Waals surface area contributed by atoms with Crippen LogP contribution < -0.4 is 5.32 Å². The third-order valence-electron chi connectivity index (χ3n) is 5.23. The number of thiol groups is 1. The summed E-state index contributed by atoms with van der Waals surface area (Å²) < 4.78 is 1.99. The number of carbonyl (C=O) groups excluding carboxylic acids is 1. The summed E-state index contributed by atoms with van der Waals surface area (Å²) in [6.07, 6.45) is 5.32. The first-order chi connectivity index (χ1) is 14.8. The molecule has 8 heteroatoms. The first-order valence-electron chi connectivity index (χ1n) is 10.7. The van der Waals surface area contributed by atoms with Gasteiger partial charge in [0.05, 0.1) is 11.6 Å². The number of carboxylic acid groups (broad SMARTS) is 1. The van der Waals surface area contributed by atoms with Gasteiger partial charge in [-0.3, -0.25) is 4.79 Å². The quantitative estimate of drug-likeness (QED) is 0.390. The highest BCUT2D eigenvalue weighted by Crippen LogP contribution is 2.24. The second-order valence-corrected chi connectivity index (χ2v) is 8.94. The van der Waals surface area contributed by atoms with E-state index in [0.29, 0.717) is 23.4 Å². The van der Waals surface area contributed by atoms with Crippen LogP contribution in [0.15, 0.2) is 30.5 Å². The SMILES string of the molecule is CCCCc1nc(Cl)cn1[C@H](CNC(=O)[C@@H](CS)CC(C)C)c1ccc(C(=O)O)cc1. The van der Waals surface area contributed by atoms with Gasteiger partial charge in [0.1, 0.15) is 11.0 Å². The number of unbranched alkanes of at least 4 members (excludes halogenated alkanes) is 1. The molecule has 1 amide bonds. The number of aromatic carboxylic acids is 1. The Hall–Kier alpha value is -1.99. The number of carbonyl (C=O) groups is 2. The van der Waals surface area contributed by atoms with Crippen LogP contribution in [0.5, 0.6) is 0 Å². The van der Waals surface area contributed by atoms with E-state index in [-0.39, 0.29) is 23.4 Å². The molecule has 0 aliphatic rings. The molecule has 1 aromatic carbocycles. The van der Waals surface area contributed by atoms with E-state index in [1.54, 1.807) is 30.5 Å². The third kappa shape index (κ3) is 7.28. The molecule has 0 bridgehead atoms. The number of aromatic nitrogens is 2. The zero-order valence-corrected chi connectivity index (χ0v) is 20.0. The fraction of sp³-hybridized carbons (Fsp3) is 0.522. The molecule has 0 aliphatic carbocycles. The molecule has 1 aromatic heterocycles. The Morgan fingerprint density at radius 2 is 1.94 bits per heavy atom. The minimum atomic E-state index is -0.976. The Morgan fingerprint density at radius 1 is 1.26 bits per heavy atom. The summed E-state index contributed by atoms with van der Waals surface area (Å²) in [6, 6.07) is 6.46. The molecule has 0 radical (unpaired) electrons. The molecule has 1 heterocycles. The van der Waals surface area contributed by atoms with Crippen molar-refractivity contribution in [3.05, 3.63) is 52.6 Å². The van der Waals surface area contributed by atoms with Gasteiger partial charge in [0, 0.05) is 30.8 Å². The summed E-state index contributed by atoms with van der Waals surface area (Å²) in [7, 11) is 0. The van der Waals surface area contributed by atoms with Crippen molar-refractivity contribution in [2.24, 2.45) is 11.8 Å². The van der Waals surface area contributed by atoms with E-state index < -0.39 is 5.97 Å². The van der Waals surface area contributed by atoms with Gasteiger partial charge in [0.2, 0.25) is 5.91 Å². The lowest BCUT2D eigenvalue weighted by molar-refractivity contribution is -0.124. The number of amides is 1. The molecule has 0 fully saturated rings. The van der Waals surface area contributed by atoms with Crippen LogP contribution in [0.1, 0.15) is 67.8 Å². The maximum Gasteiger partial charge on any atom is 0.335 e. The van der Waals surface area contributed by atoms with Crippen LogP contribution in [0.4, 0.5) is 0 Å². The number of rotatable bonds is 12. The Bertz CT molecular complexity index is 867. The van der Waals surface area contributed by atoms with Gasteiger partial charge < -0.3 is 15.0 Å². The van der Waals surface area contributed by atoms with E-state index in [4.69, 9.17) is 11.6 Å². The number of benzene rings is 1. The normalized spacial score (nSPS) is 13.2. The zero-order valence-electron chi connectivity index (χ0n) is 18.3. The first kappa shape index (κ1) is 25.3. The van der Waals surface area contributed by atoms with E-state index >= 15 is 0 Å². The average molecular weight is 466 g/mol. The van der Waals surface area contributed by atoms with Crippen molar-refractivity contribution in [1.29, 1.82) is 0 Å². The highest BCUT2D eigenvalue weighted by atomic mass is 35.5. The van der Waals surface area contributed by atoms with Crippen LogP contribution in [0, 0.1) is 11.8 Å². The fourth-order valence-corrected chi connectivity index (χ4v) is 4.11. The van der Waals surface area contributed by atoms with Crippen molar-refractivity contribution < 1.29 is 14.7 Å². The molecular formula is C23H32ClN3O3S. The lowest BCUT2D eigenvalue weighted by Gasteiger charge is -2.24. The van der Waals surface area contributed by atoms with Crippen LogP contribution in [0.25, 0.3) is 0 Å². The monoisotopic (exact) mass is 465 g/mol. The number of imidazole rings is 1. The Labute approximate surface area is 194 Å². The van der Waals surface area contributed by atoms with Crippen LogP contribution in [-0.2, 0) is 11.2 Å². The fourth-order valence-electron chi connectivity index (χ4n) is 3.59. The standard InChI is InChI=1S/C23H32ClN3O3S/c1-4-5-6-21-26-20(24)13-27(21)19(16-7-9-17(10-8-16)23(29)30)12-25-22(28)18(14-31)11-15(2)3/h7-10,13,15,18-19,31H,4-6,11-12,14H2,1-3H3,(H,25,28)(H,29,30)/t18-,19-/m1/s1. The average Bonchev–Trinajstić information content (AvgIpc) is 3.10. The molecule has 0 unspecified atom stereocenters. The number of aryl methyl sites for hydroxylation is 1. The van der Waals surface area contributed by atoms with E-state index in [1.807, 2.05) is 4.57 Å². The summed E-state index contributed by atoms with van der Waals surface area (Å²) in [5.74, 6) is 0.565. The van der Waals surface area contributed by atoms with Gasteiger partial charge in [-0.2, -0.15) is 12.6 Å². The van der Waals surface area contributed by atoms with Gasteiger partial charge in [-0.1, -0.05) is 50.9 Å². The Balaban J connectivity index is 2.32. The summed E-state index contributed by atoms with van der Waals surface area (Å²) >= 11 is 10.6. The number of halogens is 1. The number of hydrogen-bond acceptors (Lipinski definition) is 4. The molecule has 2 rings (SSSR count). The lowest BCUT2D eigenvalue weighted by atomic mass is 9.97. The number of hydrogen-bond donors (Lipinski definition) is 3. The minimum Gasteiger partial charge on any atom is -0.478 e. The second kappa shape index (κ2) is 12.2. The van der Waals surface area contributed by atoms with Gasteiger partial charge in [0.25, 0.3) is 0 Å². The van der Waals surface area contributed by atoms with Crippen LogP contribution >= 0.6 is 24.2 Å². The predicted octanol–water partition coefficient (Wildman–Crippen LogP) is 4.88. The first-order valence-corrected chi connectivity index (χ1v) is 11.7. The summed E-state index contributed by atoms with van der Waals surface area (Å²) in [6.45, 7) is 6.64. The van der Waals surface area contributed by atoms with E-state index in [0.717, 1.165) is 37.1 Å². The summed E-state index contributed by atoms with van der Waals surface area (Å²) in [5.41, 5.74) is 1.09. The molecule has 0 spiro atoms. The van der Waals surface area contributed by atoms with Crippen molar-refractivity contribution in [2.45, 2.75) is 52.5 Å². The maximum absolute atomic E-state index is 12.8. The zero-order chi connectivity index (χ0) is 23.0. The second-order valence-electron chi connectivity index (χ2n) is 8.19. The lowest BCUT2D eigenvalue weighted by Crippen LogP contribution is -2.37. The van der Waals surface area contributed by atoms with Crippen LogP contribution in [0.3, 0.4) is 0 Å². The molecule has 0 saturated carbocycles. The van der Waals surface area contributed by atoms with Crippen molar-refractivity contribution in [2.75, 3.05) is 12.3 Å². The van der Waals surface area contributed by atoms with E-state index in [1.165, 1.54) is 0 Å². The molecule has 170 valence electrons. The maximum atomic E-state index is 12.8. The summed E-state index contributed by atoms with van der Waals surface area (Å²) in [4.78, 5) is 28.5. The van der Waals surface area contributed by atoms with Gasteiger partial charge in [0.15, 0.2) is 0 Å². The van der Waals surface area contributed by atoms with Gasteiger partial charge in [-0.05, 0) is 36.5 Å². The summed E-state index contributed by atoms with van der Waals surface area (Å²) in [5, 5.41) is 12.7. The Kier molecular flexibility index (Phi) is 9.91. The Morgan fingerprint density at radius 3 is 2.48 bits per heavy atom.